The minimum atomic E-state index is -0.199. The first-order chi connectivity index (χ1) is 11.8. The fraction of sp³-hybridized carbons (Fsp3) is 0.300. The molecule has 2 aliphatic heterocycles. The molecular weight excluding hydrogens is 300 g/mol. The predicted octanol–water partition coefficient (Wildman–Crippen LogP) is 3.01. The first-order valence-electron chi connectivity index (χ1n) is 8.47. The van der Waals surface area contributed by atoms with E-state index in [9.17, 15) is 4.79 Å². The first-order valence-corrected chi connectivity index (χ1v) is 8.47. The number of Topliss-reactive ketones (excluding diaryl/α,β-unsaturated/α-hetero) is 1. The van der Waals surface area contributed by atoms with Gasteiger partial charge in [-0.25, -0.2) is 0 Å². The van der Waals surface area contributed by atoms with E-state index in [1.807, 2.05) is 36.4 Å². The fourth-order valence-electron chi connectivity index (χ4n) is 4.22. The van der Waals surface area contributed by atoms with Crippen molar-refractivity contribution in [1.82, 2.24) is 4.90 Å². The van der Waals surface area contributed by atoms with Crippen LogP contribution in [0.25, 0.3) is 0 Å². The molecule has 1 fully saturated rings. The molecule has 1 saturated heterocycles. The number of fused-ring (bicyclic) bond motifs is 4. The van der Waals surface area contributed by atoms with Crippen LogP contribution < -0.4 is 0 Å². The normalized spacial score (nSPS) is 25.7. The molecule has 1 aliphatic carbocycles. The van der Waals surface area contributed by atoms with Crippen LogP contribution in [0.5, 0.6) is 0 Å². The van der Waals surface area contributed by atoms with E-state index >= 15 is 0 Å². The number of benzene rings is 2. The topological polar surface area (TPSA) is 41.9 Å². The van der Waals surface area contributed by atoms with E-state index in [0.29, 0.717) is 0 Å². The summed E-state index contributed by atoms with van der Waals surface area (Å²) in [5, 5.41) is 0. The van der Waals surface area contributed by atoms with Crippen molar-refractivity contribution in [3.05, 3.63) is 65.2 Å². The molecule has 5 rings (SSSR count). The third kappa shape index (κ3) is 1.93. The number of ether oxygens (including phenoxy) is 1. The summed E-state index contributed by atoms with van der Waals surface area (Å²) in [7, 11) is 0. The van der Waals surface area contributed by atoms with Crippen LogP contribution in [-0.2, 0) is 4.74 Å². The third-order valence-electron chi connectivity index (χ3n) is 5.30. The highest BCUT2D eigenvalue weighted by molar-refractivity contribution is 6.29. The molecule has 0 N–H and O–H groups in total. The Morgan fingerprint density at radius 2 is 1.67 bits per heavy atom. The average molecular weight is 318 g/mol. The summed E-state index contributed by atoms with van der Waals surface area (Å²) in [4.78, 5) is 20.4. The minimum Gasteiger partial charge on any atom is -0.379 e. The predicted molar refractivity (Wildman–Crippen MR) is 92.0 cm³/mol. The van der Waals surface area contributed by atoms with Gasteiger partial charge in [-0.2, -0.15) is 0 Å². The van der Waals surface area contributed by atoms with E-state index in [0.717, 1.165) is 54.4 Å². The van der Waals surface area contributed by atoms with Crippen molar-refractivity contribution in [3.63, 3.8) is 0 Å². The van der Waals surface area contributed by atoms with Crippen LogP contribution in [0.15, 0.2) is 53.5 Å². The lowest BCUT2D eigenvalue weighted by Crippen LogP contribution is -2.45. The van der Waals surface area contributed by atoms with Crippen molar-refractivity contribution >= 4 is 17.2 Å². The number of rotatable bonds is 1. The van der Waals surface area contributed by atoms with Gasteiger partial charge in [0.1, 0.15) is 0 Å². The molecule has 2 aromatic carbocycles. The molecule has 2 heterocycles. The van der Waals surface area contributed by atoms with Gasteiger partial charge in [0.25, 0.3) is 0 Å². The zero-order valence-electron chi connectivity index (χ0n) is 13.3. The van der Waals surface area contributed by atoms with Crippen LogP contribution in [0.3, 0.4) is 0 Å². The minimum absolute atomic E-state index is 0.0532. The van der Waals surface area contributed by atoms with Gasteiger partial charge in [0.15, 0.2) is 5.78 Å². The van der Waals surface area contributed by atoms with Gasteiger partial charge in [0.2, 0.25) is 0 Å². The Morgan fingerprint density at radius 3 is 2.50 bits per heavy atom. The maximum absolute atomic E-state index is 13.2. The van der Waals surface area contributed by atoms with Crippen molar-refractivity contribution in [2.45, 2.75) is 6.04 Å². The Morgan fingerprint density at radius 1 is 0.958 bits per heavy atom. The molecule has 0 saturated carbocycles. The number of nitrogens with zero attached hydrogens (tertiary/aromatic N) is 2. The van der Waals surface area contributed by atoms with E-state index in [2.05, 4.69) is 17.0 Å². The number of ketones is 1. The van der Waals surface area contributed by atoms with Gasteiger partial charge in [-0.1, -0.05) is 42.5 Å². The van der Waals surface area contributed by atoms with Crippen LogP contribution in [0.1, 0.15) is 27.5 Å². The van der Waals surface area contributed by atoms with Crippen molar-refractivity contribution in [2.24, 2.45) is 10.9 Å². The van der Waals surface area contributed by atoms with Crippen molar-refractivity contribution in [2.75, 3.05) is 26.3 Å². The third-order valence-corrected chi connectivity index (χ3v) is 5.30. The summed E-state index contributed by atoms with van der Waals surface area (Å²) in [6.45, 7) is 3.15. The maximum atomic E-state index is 13.2. The zero-order chi connectivity index (χ0) is 16.1. The van der Waals surface area contributed by atoms with Gasteiger partial charge in [-0.3, -0.25) is 14.7 Å². The van der Waals surface area contributed by atoms with Gasteiger partial charge in [0, 0.05) is 24.2 Å². The number of morpholine rings is 1. The van der Waals surface area contributed by atoms with Crippen molar-refractivity contribution in [3.8, 4) is 0 Å². The molecule has 2 aromatic rings. The SMILES string of the molecule is O=C1c2ccccc2C2=Nc3ccccc3C(N3CCOCC3)C12. The summed E-state index contributed by atoms with van der Waals surface area (Å²) in [5.41, 5.74) is 4.90. The molecule has 0 bridgehead atoms. The van der Waals surface area contributed by atoms with Crippen molar-refractivity contribution < 1.29 is 9.53 Å². The molecule has 0 amide bonds. The molecule has 2 atom stereocenters. The molecule has 120 valence electrons. The number of hydrogen-bond acceptors (Lipinski definition) is 4. The first kappa shape index (κ1) is 14.1. The second kappa shape index (κ2) is 5.36. The molecule has 0 aromatic heterocycles. The van der Waals surface area contributed by atoms with E-state index in [1.165, 1.54) is 0 Å². The van der Waals surface area contributed by atoms with Crippen LogP contribution in [0.4, 0.5) is 5.69 Å². The smallest absolute Gasteiger partial charge is 0.174 e. The second-order valence-corrected chi connectivity index (χ2v) is 6.54. The zero-order valence-corrected chi connectivity index (χ0v) is 13.3. The van der Waals surface area contributed by atoms with E-state index in [1.54, 1.807) is 0 Å². The fourth-order valence-corrected chi connectivity index (χ4v) is 4.22. The van der Waals surface area contributed by atoms with Gasteiger partial charge in [-0.05, 0) is 11.6 Å². The lowest BCUT2D eigenvalue weighted by Gasteiger charge is -2.39. The Hall–Kier alpha value is -2.30. The lowest BCUT2D eigenvalue weighted by atomic mass is 9.84. The van der Waals surface area contributed by atoms with Gasteiger partial charge in [0.05, 0.1) is 36.6 Å². The molecule has 0 spiro atoms. The highest BCUT2D eigenvalue weighted by Crippen LogP contribution is 2.46. The van der Waals surface area contributed by atoms with Crippen LogP contribution in [0, 0.1) is 5.92 Å². The van der Waals surface area contributed by atoms with Gasteiger partial charge >= 0.3 is 0 Å². The van der Waals surface area contributed by atoms with Crippen LogP contribution in [-0.4, -0.2) is 42.7 Å². The summed E-state index contributed by atoms with van der Waals surface area (Å²) >= 11 is 0. The Kier molecular flexibility index (Phi) is 3.15. The van der Waals surface area contributed by atoms with Gasteiger partial charge < -0.3 is 4.74 Å². The van der Waals surface area contributed by atoms with E-state index < -0.39 is 0 Å². The molecular formula is C20H18N2O2. The highest BCUT2D eigenvalue weighted by atomic mass is 16.5. The second-order valence-electron chi connectivity index (χ2n) is 6.54. The quantitative estimate of drug-likeness (QED) is 0.812. The number of carbonyl (C=O) groups is 1. The molecule has 4 heteroatoms. The lowest BCUT2D eigenvalue weighted by molar-refractivity contribution is 0.00934. The maximum Gasteiger partial charge on any atom is 0.174 e. The Labute approximate surface area is 140 Å². The standard InChI is InChI=1S/C20H18N2O2/c23-20-14-6-2-1-5-13(14)18-17(20)19(22-9-11-24-12-10-22)15-7-3-4-8-16(15)21-18/h1-8,17,19H,9-12H2. The molecule has 0 radical (unpaired) electrons. The van der Waals surface area contributed by atoms with E-state index in [-0.39, 0.29) is 17.7 Å². The number of carbonyl (C=O) groups excluding carboxylic acids is 1. The van der Waals surface area contributed by atoms with Crippen molar-refractivity contribution in [1.29, 1.82) is 0 Å². The molecule has 4 nitrogen and oxygen atoms in total. The number of hydrogen-bond donors (Lipinski definition) is 0. The van der Waals surface area contributed by atoms with Crippen LogP contribution >= 0.6 is 0 Å². The largest absolute Gasteiger partial charge is 0.379 e. The molecule has 2 unspecified atom stereocenters. The van der Waals surface area contributed by atoms with Crippen LogP contribution in [0.2, 0.25) is 0 Å². The van der Waals surface area contributed by atoms with Gasteiger partial charge in [-0.15, -0.1) is 0 Å². The number of aliphatic imine (C=N–C) groups is 1. The molecule has 3 aliphatic rings. The summed E-state index contributed by atoms with van der Waals surface area (Å²) < 4.78 is 5.52. The molecule has 24 heavy (non-hydrogen) atoms. The average Bonchev–Trinajstić information content (AvgIpc) is 2.93. The van der Waals surface area contributed by atoms with E-state index in [4.69, 9.17) is 9.73 Å². The summed E-state index contributed by atoms with van der Waals surface area (Å²) in [6.07, 6.45) is 0. The number of para-hydroxylation sites is 1. The Balaban J connectivity index is 1.70. The Bertz CT molecular complexity index is 852. The monoisotopic (exact) mass is 318 g/mol. The highest BCUT2D eigenvalue weighted by Gasteiger charge is 2.47. The summed E-state index contributed by atoms with van der Waals surface area (Å²) in [6, 6.07) is 16.2. The summed E-state index contributed by atoms with van der Waals surface area (Å²) in [5.74, 6) is 0.00532.